The van der Waals surface area contributed by atoms with E-state index in [9.17, 15) is 19.2 Å². The van der Waals surface area contributed by atoms with E-state index < -0.39 is 0 Å². The first-order chi connectivity index (χ1) is 14.3. The van der Waals surface area contributed by atoms with Crippen molar-refractivity contribution in [1.29, 1.82) is 0 Å². The number of carbonyl (C=O) groups excluding carboxylic acids is 4. The summed E-state index contributed by atoms with van der Waals surface area (Å²) in [5.74, 6) is -0.852. The second-order valence-corrected chi connectivity index (χ2v) is 7.81. The van der Waals surface area contributed by atoms with Crippen molar-refractivity contribution >= 4 is 23.6 Å². The van der Waals surface area contributed by atoms with Crippen LogP contribution in [0.3, 0.4) is 0 Å². The van der Waals surface area contributed by atoms with Gasteiger partial charge in [-0.1, -0.05) is 64.2 Å². The maximum Gasteiger partial charge on any atom is 0.217 e. The van der Waals surface area contributed by atoms with Gasteiger partial charge >= 0.3 is 0 Å². The fraction of sp³-hybridized carbons (Fsp3) is 0.818. The molecule has 0 fully saturated rings. The van der Waals surface area contributed by atoms with Crippen LogP contribution in [0.25, 0.3) is 0 Å². The normalized spacial score (nSPS) is 10.1. The zero-order valence-electron chi connectivity index (χ0n) is 18.7. The predicted octanol–water partition coefficient (Wildman–Crippen LogP) is 2.94. The van der Waals surface area contributed by atoms with Gasteiger partial charge < -0.3 is 22.9 Å². The van der Waals surface area contributed by atoms with E-state index >= 15 is 0 Å². The van der Waals surface area contributed by atoms with Crippen LogP contribution >= 0.6 is 0 Å². The van der Waals surface area contributed by atoms with Crippen molar-refractivity contribution < 1.29 is 19.2 Å². The summed E-state index contributed by atoms with van der Waals surface area (Å²) >= 11 is 0. The number of unbranched alkanes of at least 4 members (excludes halogenated alkanes) is 12. The van der Waals surface area contributed by atoms with Crippen molar-refractivity contribution in [2.75, 3.05) is 0 Å². The van der Waals surface area contributed by atoms with Crippen molar-refractivity contribution in [3.8, 4) is 0 Å². The van der Waals surface area contributed by atoms with Crippen LogP contribution in [-0.4, -0.2) is 23.6 Å². The van der Waals surface area contributed by atoms with E-state index in [0.717, 1.165) is 64.2 Å². The van der Waals surface area contributed by atoms with Crippen LogP contribution in [0.5, 0.6) is 0 Å². The molecule has 0 saturated heterocycles. The van der Waals surface area contributed by atoms with Gasteiger partial charge in [0.25, 0.3) is 0 Å². The summed E-state index contributed by atoms with van der Waals surface area (Å²) in [6, 6.07) is 0. The third-order valence-electron chi connectivity index (χ3n) is 4.69. The Hall–Kier alpha value is -2.12. The SMILES string of the molecule is NC(=O)CCCCCCCCC(N)=O.NC(=O)CCCCCCCCCCC(N)=O. The molecule has 0 aromatic carbocycles. The Morgan fingerprint density at radius 2 is 0.433 bits per heavy atom. The molecule has 0 atom stereocenters. The van der Waals surface area contributed by atoms with Gasteiger partial charge in [-0.15, -0.1) is 0 Å². The highest BCUT2D eigenvalue weighted by atomic mass is 16.2. The molecule has 0 rings (SSSR count). The van der Waals surface area contributed by atoms with Crippen molar-refractivity contribution in [2.45, 2.75) is 116 Å². The molecule has 0 aliphatic heterocycles. The predicted molar refractivity (Wildman–Crippen MR) is 120 cm³/mol. The molecule has 0 bridgehead atoms. The summed E-state index contributed by atoms with van der Waals surface area (Å²) in [4.78, 5) is 41.7. The Morgan fingerprint density at radius 3 is 0.567 bits per heavy atom. The second-order valence-electron chi connectivity index (χ2n) is 7.81. The summed E-state index contributed by atoms with van der Waals surface area (Å²) in [5, 5.41) is 0. The molecule has 0 aliphatic carbocycles. The van der Waals surface area contributed by atoms with Crippen LogP contribution in [-0.2, 0) is 19.2 Å². The van der Waals surface area contributed by atoms with Crippen molar-refractivity contribution in [3.05, 3.63) is 0 Å². The minimum atomic E-state index is -0.223. The average molecular weight is 429 g/mol. The van der Waals surface area contributed by atoms with E-state index in [1.54, 1.807) is 0 Å². The zero-order valence-corrected chi connectivity index (χ0v) is 18.7. The lowest BCUT2D eigenvalue weighted by atomic mass is 10.1. The lowest BCUT2D eigenvalue weighted by Gasteiger charge is -2.01. The number of rotatable bonds is 20. The minimum Gasteiger partial charge on any atom is -0.370 e. The molecule has 0 heterocycles. The molecule has 176 valence electrons. The lowest BCUT2D eigenvalue weighted by molar-refractivity contribution is -0.119. The Morgan fingerprint density at radius 1 is 0.300 bits per heavy atom. The van der Waals surface area contributed by atoms with Gasteiger partial charge in [-0.25, -0.2) is 0 Å². The summed E-state index contributed by atoms with van der Waals surface area (Å²) in [6.07, 6.45) is 16.8. The van der Waals surface area contributed by atoms with E-state index in [1.165, 1.54) is 25.7 Å². The van der Waals surface area contributed by atoms with Gasteiger partial charge in [-0.2, -0.15) is 0 Å². The quantitative estimate of drug-likeness (QED) is 0.218. The molecule has 0 aliphatic rings. The number of hydrogen-bond acceptors (Lipinski definition) is 4. The molecule has 8 N–H and O–H groups in total. The molecule has 0 spiro atoms. The summed E-state index contributed by atoms with van der Waals surface area (Å²) in [7, 11) is 0. The van der Waals surface area contributed by atoms with Crippen molar-refractivity contribution in [2.24, 2.45) is 22.9 Å². The molecule has 30 heavy (non-hydrogen) atoms. The first-order valence-corrected chi connectivity index (χ1v) is 11.4. The van der Waals surface area contributed by atoms with Crippen LogP contribution in [0.1, 0.15) is 116 Å². The standard InChI is InChI=1S/C12H24N2O2.C10H20N2O2/c13-11(15)9-7-5-3-1-2-4-6-8-10-12(14)16;11-9(13)7-5-3-1-2-4-6-8-10(12)14/h1-10H2,(H2,13,15)(H2,14,16);1-8H2,(H2,11,13)(H2,12,14). The van der Waals surface area contributed by atoms with Gasteiger partial charge in [0.05, 0.1) is 0 Å². The molecular weight excluding hydrogens is 384 g/mol. The fourth-order valence-electron chi connectivity index (χ4n) is 2.96. The molecule has 4 amide bonds. The summed E-state index contributed by atoms with van der Waals surface area (Å²) in [5.41, 5.74) is 20.1. The zero-order chi connectivity index (χ0) is 23.0. The van der Waals surface area contributed by atoms with E-state index in [1.807, 2.05) is 0 Å². The summed E-state index contributed by atoms with van der Waals surface area (Å²) in [6.45, 7) is 0. The van der Waals surface area contributed by atoms with E-state index in [4.69, 9.17) is 22.9 Å². The molecule has 0 saturated carbocycles. The minimum absolute atomic E-state index is 0.202. The molecule has 8 heteroatoms. The van der Waals surface area contributed by atoms with Gasteiger partial charge in [0.1, 0.15) is 0 Å². The second kappa shape index (κ2) is 23.2. The monoisotopic (exact) mass is 428 g/mol. The molecule has 8 nitrogen and oxygen atoms in total. The van der Waals surface area contributed by atoms with Crippen LogP contribution in [0, 0.1) is 0 Å². The third kappa shape index (κ3) is 33.5. The first-order valence-electron chi connectivity index (χ1n) is 11.4. The van der Waals surface area contributed by atoms with Crippen molar-refractivity contribution in [1.82, 2.24) is 0 Å². The molecule has 0 unspecified atom stereocenters. The van der Waals surface area contributed by atoms with E-state index in [2.05, 4.69) is 0 Å². The maximum atomic E-state index is 10.4. The smallest absolute Gasteiger partial charge is 0.217 e. The average Bonchev–Trinajstić information content (AvgIpc) is 2.65. The topological polar surface area (TPSA) is 172 Å². The van der Waals surface area contributed by atoms with Gasteiger partial charge in [0.2, 0.25) is 23.6 Å². The lowest BCUT2D eigenvalue weighted by Crippen LogP contribution is -2.09. The maximum absolute atomic E-state index is 10.4. The van der Waals surface area contributed by atoms with E-state index in [-0.39, 0.29) is 23.6 Å². The number of hydrogen-bond donors (Lipinski definition) is 4. The molecule has 0 aromatic rings. The highest BCUT2D eigenvalue weighted by molar-refractivity contribution is 5.74. The van der Waals surface area contributed by atoms with Gasteiger partial charge in [0.15, 0.2) is 0 Å². The number of primary amides is 4. The number of nitrogens with two attached hydrogens (primary N) is 4. The third-order valence-corrected chi connectivity index (χ3v) is 4.69. The fourth-order valence-corrected chi connectivity index (χ4v) is 2.96. The number of carbonyl (C=O) groups is 4. The van der Waals surface area contributed by atoms with Crippen LogP contribution in [0.4, 0.5) is 0 Å². The Labute approximate surface area is 181 Å². The van der Waals surface area contributed by atoms with E-state index in [0.29, 0.717) is 25.7 Å². The van der Waals surface area contributed by atoms with Gasteiger partial charge in [0, 0.05) is 25.7 Å². The highest BCUT2D eigenvalue weighted by Gasteiger charge is 1.97. The highest BCUT2D eigenvalue weighted by Crippen LogP contribution is 2.10. The molecule has 0 radical (unpaired) electrons. The first kappa shape index (κ1) is 30.1. The van der Waals surface area contributed by atoms with Crippen LogP contribution < -0.4 is 22.9 Å². The molecular formula is C22H44N4O4. The Bertz CT molecular complexity index is 428. The van der Waals surface area contributed by atoms with Crippen LogP contribution in [0.15, 0.2) is 0 Å². The van der Waals surface area contributed by atoms with Gasteiger partial charge in [-0.05, 0) is 25.7 Å². The largest absolute Gasteiger partial charge is 0.370 e. The summed E-state index contributed by atoms with van der Waals surface area (Å²) < 4.78 is 0. The Balaban J connectivity index is 0. The van der Waals surface area contributed by atoms with Crippen molar-refractivity contribution in [3.63, 3.8) is 0 Å². The van der Waals surface area contributed by atoms with Gasteiger partial charge in [-0.3, -0.25) is 19.2 Å². The number of amides is 4. The molecule has 0 aromatic heterocycles. The Kier molecular flexibility index (Phi) is 23.2. The van der Waals surface area contributed by atoms with Crippen LogP contribution in [0.2, 0.25) is 0 Å².